The highest BCUT2D eigenvalue weighted by atomic mass is 16.3. The van der Waals surface area contributed by atoms with Crippen molar-refractivity contribution in [2.45, 2.75) is 39.4 Å². The maximum Gasteiger partial charge on any atom is 0.101 e. The summed E-state index contributed by atoms with van der Waals surface area (Å²) in [6, 6.07) is 0. The molecule has 1 rings (SSSR count). The van der Waals surface area contributed by atoms with E-state index < -0.39 is 12.2 Å². The van der Waals surface area contributed by atoms with E-state index in [1.807, 2.05) is 13.0 Å². The van der Waals surface area contributed by atoms with Crippen molar-refractivity contribution in [2.24, 2.45) is 11.8 Å². The summed E-state index contributed by atoms with van der Waals surface area (Å²) >= 11 is 0. The lowest BCUT2D eigenvalue weighted by Crippen LogP contribution is -2.39. The summed E-state index contributed by atoms with van der Waals surface area (Å²) in [5.74, 6) is 0.641. The van der Waals surface area contributed by atoms with E-state index in [0.717, 1.165) is 12.0 Å². The second-order valence-electron chi connectivity index (χ2n) is 4.03. The van der Waals surface area contributed by atoms with Crippen LogP contribution in [0.15, 0.2) is 11.6 Å². The minimum Gasteiger partial charge on any atom is -0.390 e. The molecular weight excluding hydrogens is 152 g/mol. The van der Waals surface area contributed by atoms with Crippen LogP contribution in [-0.2, 0) is 0 Å². The molecule has 0 aliphatic heterocycles. The normalized spacial score (nSPS) is 36.8. The summed E-state index contributed by atoms with van der Waals surface area (Å²) in [5, 5.41) is 19.2. The molecule has 0 heterocycles. The minimum atomic E-state index is -0.647. The molecule has 0 aromatic heterocycles. The molecule has 2 N–H and O–H groups in total. The largest absolute Gasteiger partial charge is 0.390 e. The molecule has 2 heteroatoms. The zero-order valence-corrected chi connectivity index (χ0v) is 7.99. The molecular formula is C10H18O2. The van der Waals surface area contributed by atoms with Gasteiger partial charge in [-0.3, -0.25) is 0 Å². The Kier molecular flexibility index (Phi) is 2.91. The van der Waals surface area contributed by atoms with Crippen molar-refractivity contribution >= 4 is 0 Å². The van der Waals surface area contributed by atoms with Crippen LogP contribution in [-0.4, -0.2) is 22.4 Å². The van der Waals surface area contributed by atoms with Crippen LogP contribution < -0.4 is 0 Å². The highest BCUT2D eigenvalue weighted by Gasteiger charge is 2.31. The van der Waals surface area contributed by atoms with Crippen LogP contribution in [0.1, 0.15) is 27.2 Å². The SMILES string of the molecule is CC1=CCC(C(C)C)C(O)C1O. The molecule has 0 bridgehead atoms. The van der Waals surface area contributed by atoms with Crippen LogP contribution >= 0.6 is 0 Å². The predicted molar refractivity (Wildman–Crippen MR) is 48.7 cm³/mol. The summed E-state index contributed by atoms with van der Waals surface area (Å²) in [4.78, 5) is 0. The molecule has 0 radical (unpaired) electrons. The molecule has 2 nitrogen and oxygen atoms in total. The first-order chi connectivity index (χ1) is 5.54. The number of allylic oxidation sites excluding steroid dienone is 1. The standard InChI is InChI=1S/C10H18O2/c1-6(2)8-5-4-7(3)9(11)10(8)12/h4,6,8-12H,5H2,1-3H3. The zero-order valence-electron chi connectivity index (χ0n) is 7.99. The van der Waals surface area contributed by atoms with E-state index in [4.69, 9.17) is 0 Å². The summed E-state index contributed by atoms with van der Waals surface area (Å²) in [7, 11) is 0. The molecule has 1 aliphatic rings. The van der Waals surface area contributed by atoms with E-state index in [0.29, 0.717) is 5.92 Å². The van der Waals surface area contributed by atoms with Gasteiger partial charge in [0.25, 0.3) is 0 Å². The second kappa shape index (κ2) is 3.58. The maximum absolute atomic E-state index is 9.69. The van der Waals surface area contributed by atoms with Gasteiger partial charge in [0.1, 0.15) is 6.10 Å². The Balaban J connectivity index is 2.73. The van der Waals surface area contributed by atoms with Crippen LogP contribution in [0.4, 0.5) is 0 Å². The smallest absolute Gasteiger partial charge is 0.101 e. The van der Waals surface area contributed by atoms with E-state index in [-0.39, 0.29) is 5.92 Å². The average molecular weight is 170 g/mol. The van der Waals surface area contributed by atoms with Crippen molar-refractivity contribution in [3.8, 4) is 0 Å². The van der Waals surface area contributed by atoms with Gasteiger partial charge in [-0.2, -0.15) is 0 Å². The molecule has 0 spiro atoms. The molecule has 3 unspecified atom stereocenters. The predicted octanol–water partition coefficient (Wildman–Crippen LogP) is 1.33. The van der Waals surface area contributed by atoms with Crippen molar-refractivity contribution in [3.05, 3.63) is 11.6 Å². The number of aliphatic hydroxyl groups excluding tert-OH is 2. The van der Waals surface area contributed by atoms with E-state index in [1.54, 1.807) is 0 Å². The van der Waals surface area contributed by atoms with Gasteiger partial charge in [-0.25, -0.2) is 0 Å². The van der Waals surface area contributed by atoms with Crippen LogP contribution in [0.5, 0.6) is 0 Å². The molecule has 0 amide bonds. The maximum atomic E-state index is 9.69. The molecule has 0 aromatic carbocycles. The summed E-state index contributed by atoms with van der Waals surface area (Å²) < 4.78 is 0. The third-order valence-corrected chi connectivity index (χ3v) is 2.80. The van der Waals surface area contributed by atoms with Crippen molar-refractivity contribution in [2.75, 3.05) is 0 Å². The van der Waals surface area contributed by atoms with Crippen molar-refractivity contribution < 1.29 is 10.2 Å². The Labute approximate surface area is 73.9 Å². The number of hydrogen-bond donors (Lipinski definition) is 2. The lowest BCUT2D eigenvalue weighted by atomic mass is 9.79. The van der Waals surface area contributed by atoms with Gasteiger partial charge in [-0.15, -0.1) is 0 Å². The Morgan fingerprint density at radius 1 is 1.42 bits per heavy atom. The van der Waals surface area contributed by atoms with E-state index in [2.05, 4.69) is 13.8 Å². The first kappa shape index (κ1) is 9.75. The number of hydrogen-bond acceptors (Lipinski definition) is 2. The monoisotopic (exact) mass is 170 g/mol. The number of rotatable bonds is 1. The van der Waals surface area contributed by atoms with Crippen LogP contribution in [0.25, 0.3) is 0 Å². The van der Waals surface area contributed by atoms with Crippen molar-refractivity contribution in [3.63, 3.8) is 0 Å². The average Bonchev–Trinajstić information content (AvgIpc) is 2.00. The van der Waals surface area contributed by atoms with Crippen LogP contribution in [0, 0.1) is 11.8 Å². The van der Waals surface area contributed by atoms with E-state index in [9.17, 15) is 10.2 Å². The Morgan fingerprint density at radius 3 is 2.50 bits per heavy atom. The number of aliphatic hydroxyl groups is 2. The van der Waals surface area contributed by atoms with E-state index >= 15 is 0 Å². The molecule has 1 aliphatic carbocycles. The van der Waals surface area contributed by atoms with Crippen LogP contribution in [0.3, 0.4) is 0 Å². The van der Waals surface area contributed by atoms with Gasteiger partial charge in [0, 0.05) is 0 Å². The third-order valence-electron chi connectivity index (χ3n) is 2.80. The van der Waals surface area contributed by atoms with Gasteiger partial charge in [-0.1, -0.05) is 19.9 Å². The summed E-state index contributed by atoms with van der Waals surface area (Å²) in [6.45, 7) is 6.02. The molecule has 0 aromatic rings. The fourth-order valence-electron chi connectivity index (χ4n) is 1.75. The van der Waals surface area contributed by atoms with Crippen LogP contribution in [0.2, 0.25) is 0 Å². The highest BCUT2D eigenvalue weighted by molar-refractivity contribution is 5.13. The van der Waals surface area contributed by atoms with Crippen molar-refractivity contribution in [1.82, 2.24) is 0 Å². The van der Waals surface area contributed by atoms with Gasteiger partial charge in [0.05, 0.1) is 6.10 Å². The second-order valence-corrected chi connectivity index (χ2v) is 4.03. The molecule has 0 saturated heterocycles. The Bertz CT molecular complexity index is 184. The molecule has 3 atom stereocenters. The highest BCUT2D eigenvalue weighted by Crippen LogP contribution is 2.29. The van der Waals surface area contributed by atoms with Gasteiger partial charge in [0.2, 0.25) is 0 Å². The lowest BCUT2D eigenvalue weighted by Gasteiger charge is -2.33. The van der Waals surface area contributed by atoms with Crippen molar-refractivity contribution in [1.29, 1.82) is 0 Å². The Morgan fingerprint density at radius 2 is 2.00 bits per heavy atom. The summed E-state index contributed by atoms with van der Waals surface area (Å²) in [6.07, 6.45) is 1.70. The first-order valence-electron chi connectivity index (χ1n) is 4.56. The quantitative estimate of drug-likeness (QED) is 0.583. The molecule has 12 heavy (non-hydrogen) atoms. The topological polar surface area (TPSA) is 40.5 Å². The fraction of sp³-hybridized carbons (Fsp3) is 0.800. The van der Waals surface area contributed by atoms with Gasteiger partial charge >= 0.3 is 0 Å². The summed E-state index contributed by atoms with van der Waals surface area (Å²) in [5.41, 5.74) is 0.902. The first-order valence-corrected chi connectivity index (χ1v) is 4.56. The fourth-order valence-corrected chi connectivity index (χ4v) is 1.75. The Hall–Kier alpha value is -0.340. The molecule has 0 fully saturated rings. The van der Waals surface area contributed by atoms with Gasteiger partial charge in [0.15, 0.2) is 0 Å². The third kappa shape index (κ3) is 1.70. The lowest BCUT2D eigenvalue weighted by molar-refractivity contribution is -0.0184. The van der Waals surface area contributed by atoms with E-state index in [1.165, 1.54) is 0 Å². The minimum absolute atomic E-state index is 0.212. The molecule has 0 saturated carbocycles. The van der Waals surface area contributed by atoms with Gasteiger partial charge < -0.3 is 10.2 Å². The van der Waals surface area contributed by atoms with Gasteiger partial charge in [-0.05, 0) is 30.8 Å². The zero-order chi connectivity index (χ0) is 9.30. The molecule has 70 valence electrons.